The van der Waals surface area contributed by atoms with Gasteiger partial charge in [-0.2, -0.15) is 26.3 Å². The van der Waals surface area contributed by atoms with Crippen LogP contribution in [0.5, 0.6) is 0 Å². The molecule has 0 aliphatic heterocycles. The number of hydrogen-bond acceptors (Lipinski definition) is 3. The van der Waals surface area contributed by atoms with Crippen LogP contribution in [-0.4, -0.2) is 16.2 Å². The van der Waals surface area contributed by atoms with E-state index >= 15 is 0 Å². The molecule has 2 aromatic rings. The number of carboxylic acids is 1. The van der Waals surface area contributed by atoms with Crippen molar-refractivity contribution in [1.82, 2.24) is 0 Å². The second-order valence-corrected chi connectivity index (χ2v) is 5.78. The van der Waals surface area contributed by atoms with Crippen LogP contribution in [0.15, 0.2) is 48.5 Å². The Morgan fingerprint density at radius 2 is 1.32 bits per heavy atom. The lowest BCUT2D eigenvalue weighted by atomic mass is 10.0. The molecule has 0 saturated carbocycles. The average molecular weight is 409 g/mol. The maximum absolute atomic E-state index is 12.4. The van der Waals surface area contributed by atoms with Crippen molar-refractivity contribution < 1.29 is 41.4 Å². The molecule has 28 heavy (non-hydrogen) atoms. The largest absolute Gasteiger partial charge is 0.479 e. The molecule has 0 amide bonds. The van der Waals surface area contributed by atoms with Gasteiger partial charge in [0.05, 0.1) is 11.1 Å². The summed E-state index contributed by atoms with van der Waals surface area (Å²) < 4.78 is 74.3. The summed E-state index contributed by atoms with van der Waals surface area (Å²) in [5.41, 5.74) is 2.81. The Balaban J connectivity index is 0.000000307. The molecule has 154 valence electrons. The summed E-state index contributed by atoms with van der Waals surface area (Å²) in [6.45, 7) is 1.32. The van der Waals surface area contributed by atoms with Crippen molar-refractivity contribution in [2.75, 3.05) is 0 Å². The van der Waals surface area contributed by atoms with E-state index in [4.69, 9.17) is 15.9 Å². The van der Waals surface area contributed by atoms with Crippen molar-refractivity contribution in [3.05, 3.63) is 70.8 Å². The fourth-order valence-electron chi connectivity index (χ4n) is 2.02. The summed E-state index contributed by atoms with van der Waals surface area (Å²) in [5, 5.41) is 17.4. The van der Waals surface area contributed by atoms with E-state index in [0.29, 0.717) is 17.7 Å². The molecule has 2 aromatic carbocycles. The number of halogens is 6. The average Bonchev–Trinajstić information content (AvgIpc) is 2.60. The van der Waals surface area contributed by atoms with Gasteiger partial charge in [-0.1, -0.05) is 30.3 Å². The van der Waals surface area contributed by atoms with Crippen LogP contribution < -0.4 is 5.73 Å². The molecule has 0 spiro atoms. The van der Waals surface area contributed by atoms with Gasteiger partial charge in [-0.15, -0.1) is 0 Å². The Bertz CT molecular complexity index is 756. The molecule has 0 heterocycles. The van der Waals surface area contributed by atoms with E-state index in [9.17, 15) is 31.1 Å². The first-order chi connectivity index (χ1) is 12.7. The summed E-state index contributed by atoms with van der Waals surface area (Å²) in [7, 11) is 0. The fourth-order valence-corrected chi connectivity index (χ4v) is 2.02. The van der Waals surface area contributed by atoms with Gasteiger partial charge in [-0.05, 0) is 36.2 Å². The maximum Gasteiger partial charge on any atom is 0.416 e. The third-order valence-corrected chi connectivity index (χ3v) is 3.49. The van der Waals surface area contributed by atoms with Crippen LogP contribution in [0.3, 0.4) is 0 Å². The van der Waals surface area contributed by atoms with Crippen LogP contribution in [0, 0.1) is 0 Å². The van der Waals surface area contributed by atoms with E-state index < -0.39 is 41.6 Å². The highest BCUT2D eigenvalue weighted by Gasteiger charge is 2.37. The molecule has 0 radical (unpaired) electrons. The lowest BCUT2D eigenvalue weighted by Crippen LogP contribution is -2.14. The minimum absolute atomic E-state index is 0.0753. The topological polar surface area (TPSA) is 83.6 Å². The normalized spacial score (nSPS) is 13.9. The van der Waals surface area contributed by atoms with Crippen molar-refractivity contribution in [3.8, 4) is 0 Å². The number of alkyl halides is 6. The van der Waals surface area contributed by atoms with Gasteiger partial charge < -0.3 is 15.9 Å². The Labute approximate surface area is 156 Å². The van der Waals surface area contributed by atoms with Crippen LogP contribution in [0.4, 0.5) is 26.3 Å². The van der Waals surface area contributed by atoms with Crippen molar-refractivity contribution in [1.29, 1.82) is 0 Å². The van der Waals surface area contributed by atoms with Gasteiger partial charge >= 0.3 is 18.3 Å². The van der Waals surface area contributed by atoms with Crippen molar-refractivity contribution in [3.63, 3.8) is 0 Å². The monoisotopic (exact) mass is 409 g/mol. The summed E-state index contributed by atoms with van der Waals surface area (Å²) in [5.74, 6) is -1.23. The van der Waals surface area contributed by atoms with E-state index in [0.717, 1.165) is 0 Å². The zero-order valence-electron chi connectivity index (χ0n) is 14.4. The molecule has 0 aliphatic carbocycles. The standard InChI is InChI=1S/C10H9F6N.C8H8O3/c1-5(17)6-2-7(9(11,12)13)4-8(3-6)10(14,15)16;9-7(8(10)11)6-4-2-1-3-5-6/h2-5H,17H2,1H3;1-5,7,9H,(H,10,11)/t5-;7-/m01/s1. The van der Waals surface area contributed by atoms with Gasteiger partial charge in [0.2, 0.25) is 0 Å². The number of aliphatic hydroxyl groups is 1. The molecule has 0 aliphatic rings. The predicted octanol–water partition coefficient (Wildman–Crippen LogP) is 4.55. The van der Waals surface area contributed by atoms with E-state index in [2.05, 4.69) is 0 Å². The van der Waals surface area contributed by atoms with E-state index in [-0.39, 0.29) is 11.6 Å². The van der Waals surface area contributed by atoms with Crippen molar-refractivity contribution in [2.45, 2.75) is 31.4 Å². The molecule has 0 aromatic heterocycles. The molecule has 0 fully saturated rings. The first-order valence-electron chi connectivity index (χ1n) is 7.74. The van der Waals surface area contributed by atoms with Gasteiger partial charge in [0.1, 0.15) is 0 Å². The molecule has 4 N–H and O–H groups in total. The van der Waals surface area contributed by atoms with E-state index in [1.807, 2.05) is 0 Å². The number of hydrogen-bond donors (Lipinski definition) is 3. The van der Waals surface area contributed by atoms with Crippen LogP contribution in [0.1, 0.15) is 41.3 Å². The smallest absolute Gasteiger partial charge is 0.416 e. The van der Waals surface area contributed by atoms with Gasteiger partial charge in [0.25, 0.3) is 0 Å². The number of nitrogens with two attached hydrogens (primary N) is 1. The van der Waals surface area contributed by atoms with Crippen LogP contribution in [0.25, 0.3) is 0 Å². The Morgan fingerprint density at radius 3 is 1.64 bits per heavy atom. The Kier molecular flexibility index (Phi) is 7.59. The molecule has 2 rings (SSSR count). The quantitative estimate of drug-likeness (QED) is 0.650. The molecule has 10 heteroatoms. The minimum atomic E-state index is -4.83. The highest BCUT2D eigenvalue weighted by atomic mass is 19.4. The number of aliphatic carboxylic acids is 1. The molecule has 2 atom stereocenters. The molecular formula is C18H17F6NO3. The highest BCUT2D eigenvalue weighted by molar-refractivity contribution is 5.73. The fraction of sp³-hybridized carbons (Fsp3) is 0.278. The third-order valence-electron chi connectivity index (χ3n) is 3.49. The summed E-state index contributed by atoms with van der Waals surface area (Å²) >= 11 is 0. The summed E-state index contributed by atoms with van der Waals surface area (Å²) in [4.78, 5) is 10.2. The lowest BCUT2D eigenvalue weighted by Gasteiger charge is -2.15. The van der Waals surface area contributed by atoms with Gasteiger partial charge in [0.15, 0.2) is 6.10 Å². The second kappa shape index (κ2) is 9.07. The SMILES string of the molecule is C[C@H](N)c1cc(C(F)(F)F)cc(C(F)(F)F)c1.O=C(O)[C@H](O)c1ccccc1. The number of carboxylic acid groups (broad SMARTS) is 1. The highest BCUT2D eigenvalue weighted by Crippen LogP contribution is 2.37. The zero-order chi connectivity index (χ0) is 21.7. The van der Waals surface area contributed by atoms with E-state index in [1.165, 1.54) is 6.92 Å². The molecule has 0 bridgehead atoms. The summed E-state index contributed by atoms with van der Waals surface area (Å²) in [6, 6.07) is 8.68. The third kappa shape index (κ3) is 6.86. The Morgan fingerprint density at radius 1 is 0.893 bits per heavy atom. The Hall–Kier alpha value is -2.59. The van der Waals surface area contributed by atoms with Gasteiger partial charge in [-0.25, -0.2) is 4.79 Å². The summed E-state index contributed by atoms with van der Waals surface area (Å²) in [6.07, 6.45) is -11.1. The van der Waals surface area contributed by atoms with Crippen LogP contribution in [-0.2, 0) is 17.1 Å². The first-order valence-corrected chi connectivity index (χ1v) is 7.74. The van der Waals surface area contributed by atoms with Crippen LogP contribution in [0.2, 0.25) is 0 Å². The van der Waals surface area contributed by atoms with Crippen molar-refractivity contribution >= 4 is 5.97 Å². The minimum Gasteiger partial charge on any atom is -0.479 e. The number of rotatable bonds is 3. The van der Waals surface area contributed by atoms with Gasteiger partial charge in [-0.3, -0.25) is 0 Å². The molecule has 0 unspecified atom stereocenters. The van der Waals surface area contributed by atoms with Crippen LogP contribution >= 0.6 is 0 Å². The lowest BCUT2D eigenvalue weighted by molar-refractivity contribution is -0.147. The molecule has 0 saturated heterocycles. The number of benzene rings is 2. The molecule has 4 nitrogen and oxygen atoms in total. The zero-order valence-corrected chi connectivity index (χ0v) is 14.4. The maximum atomic E-state index is 12.4. The second-order valence-electron chi connectivity index (χ2n) is 5.78. The molecular weight excluding hydrogens is 392 g/mol. The number of aliphatic hydroxyl groups excluding tert-OH is 1. The van der Waals surface area contributed by atoms with Crippen molar-refractivity contribution in [2.24, 2.45) is 5.73 Å². The first kappa shape index (κ1) is 23.4. The number of carbonyl (C=O) groups is 1. The van der Waals surface area contributed by atoms with E-state index in [1.54, 1.807) is 30.3 Å². The predicted molar refractivity (Wildman–Crippen MR) is 88.1 cm³/mol. The van der Waals surface area contributed by atoms with Gasteiger partial charge in [0, 0.05) is 6.04 Å².